The Labute approximate surface area is 190 Å². The summed E-state index contributed by atoms with van der Waals surface area (Å²) in [6, 6.07) is 14.2. The topological polar surface area (TPSA) is 199 Å². The van der Waals surface area contributed by atoms with Gasteiger partial charge in [-0.05, 0) is 37.6 Å². The number of hydrogen-bond donors (Lipinski definition) is 5. The molecule has 9 N–H and O–H groups in total. The maximum absolute atomic E-state index is 10.4. The van der Waals surface area contributed by atoms with Crippen molar-refractivity contribution in [2.24, 2.45) is 17.2 Å². The molecule has 2 aromatic rings. The fraction of sp³-hybridized carbons (Fsp3) is 0.250. The summed E-state index contributed by atoms with van der Waals surface area (Å²) in [5, 5.41) is 18.6. The van der Waals surface area contributed by atoms with Gasteiger partial charge >= 0.3 is 28.3 Å². The summed E-state index contributed by atoms with van der Waals surface area (Å²) in [6.45, 7) is 0.604. The minimum absolute atomic E-state index is 0. The van der Waals surface area contributed by atoms with Gasteiger partial charge in [-0.25, -0.2) is 0 Å². The Morgan fingerprint density at radius 2 is 1.50 bits per heavy atom. The van der Waals surface area contributed by atoms with Crippen LogP contribution in [0.1, 0.15) is 40.0 Å². The first-order valence-corrected chi connectivity index (χ1v) is 8.79. The van der Waals surface area contributed by atoms with Gasteiger partial charge in [0.15, 0.2) is 0 Å². The van der Waals surface area contributed by atoms with E-state index in [0.29, 0.717) is 18.5 Å². The molecule has 9 nitrogen and oxygen atoms in total. The minimum Gasteiger partial charge on any atom is -0.545 e. The SMILES string of the molecule is NC(=O)c1ccccc1.NCCCCC(N)C(=O)O.Nc1ccccc1C(=O)[O-].[Ag+]. The van der Waals surface area contributed by atoms with E-state index in [1.165, 1.54) is 12.1 Å². The molecular weight excluding hydrogens is 484 g/mol. The van der Waals surface area contributed by atoms with Crippen LogP contribution in [0.5, 0.6) is 0 Å². The van der Waals surface area contributed by atoms with E-state index in [9.17, 15) is 19.5 Å². The monoisotopic (exact) mass is 510 g/mol. The first kappa shape index (κ1) is 29.5. The standard InChI is InChI=1S/C7H7NO2.C7H7NO.C6H14N2O2.Ag/c8-6-4-2-1-3-5(6)7(9)10;8-7(9)6-4-2-1-3-5-6;7-4-2-1-3-5(8)6(9)10;/h1-4H,8H2,(H,9,10);1-5H,(H2,8,9);5H,1-4,7-8H2,(H,9,10);/q;;;+1/p-1. The van der Waals surface area contributed by atoms with Crippen LogP contribution in [0.25, 0.3) is 0 Å². The third kappa shape index (κ3) is 13.5. The molecule has 1 amide bonds. The fourth-order valence-electron chi connectivity index (χ4n) is 1.92. The van der Waals surface area contributed by atoms with Crippen molar-refractivity contribution in [3.8, 4) is 0 Å². The molecule has 0 radical (unpaired) electrons. The second kappa shape index (κ2) is 17.2. The van der Waals surface area contributed by atoms with E-state index in [1.54, 1.807) is 36.4 Å². The van der Waals surface area contributed by atoms with Gasteiger partial charge in [0, 0.05) is 16.8 Å². The van der Waals surface area contributed by atoms with E-state index >= 15 is 0 Å². The van der Waals surface area contributed by atoms with Crippen molar-refractivity contribution in [3.63, 3.8) is 0 Å². The number of anilines is 1. The normalized spacial score (nSPS) is 10.1. The summed E-state index contributed by atoms with van der Waals surface area (Å²) < 4.78 is 0. The molecule has 0 aliphatic carbocycles. The first-order valence-electron chi connectivity index (χ1n) is 8.79. The molecule has 30 heavy (non-hydrogen) atoms. The van der Waals surface area contributed by atoms with E-state index < -0.39 is 18.0 Å². The molecule has 0 heterocycles. The van der Waals surface area contributed by atoms with Crippen molar-refractivity contribution in [3.05, 3.63) is 65.7 Å². The van der Waals surface area contributed by atoms with Crippen LogP contribution in [0.15, 0.2) is 54.6 Å². The molecule has 0 aliphatic heterocycles. The Bertz CT molecular complexity index is 775. The summed E-state index contributed by atoms with van der Waals surface area (Å²) in [6.07, 6.45) is 2.16. The Kier molecular flexibility index (Phi) is 16.9. The number of para-hydroxylation sites is 1. The number of aliphatic carboxylic acids is 1. The Hall–Kier alpha value is -2.69. The quantitative estimate of drug-likeness (QED) is 0.193. The number of carbonyl (C=O) groups excluding carboxylic acids is 2. The number of carboxylic acid groups (broad SMARTS) is 2. The molecule has 1 atom stereocenters. The first-order chi connectivity index (χ1) is 13.7. The molecule has 2 aromatic carbocycles. The summed E-state index contributed by atoms with van der Waals surface area (Å²) in [5.74, 6) is -2.55. The van der Waals surface area contributed by atoms with Crippen molar-refractivity contribution in [2.45, 2.75) is 25.3 Å². The van der Waals surface area contributed by atoms with Crippen LogP contribution in [0.3, 0.4) is 0 Å². The average molecular weight is 511 g/mol. The molecule has 1 unspecified atom stereocenters. The number of carboxylic acids is 2. The van der Waals surface area contributed by atoms with Gasteiger partial charge in [-0.1, -0.05) is 42.8 Å². The second-order valence-electron chi connectivity index (χ2n) is 5.83. The molecule has 10 heteroatoms. The van der Waals surface area contributed by atoms with Crippen LogP contribution in [0.4, 0.5) is 5.69 Å². The number of rotatable bonds is 7. The van der Waals surface area contributed by atoms with Crippen LogP contribution in [-0.4, -0.2) is 35.5 Å². The van der Waals surface area contributed by atoms with Crippen LogP contribution >= 0.6 is 0 Å². The molecule has 0 fully saturated rings. The molecule has 0 aromatic heterocycles. The molecule has 2 rings (SSSR count). The fourth-order valence-corrected chi connectivity index (χ4v) is 1.92. The maximum Gasteiger partial charge on any atom is 1.00 e. The van der Waals surface area contributed by atoms with E-state index in [1.807, 2.05) is 6.07 Å². The summed E-state index contributed by atoms with van der Waals surface area (Å²) in [5.41, 5.74) is 21.5. The molecular formula is C20H27AgN4O5. The Morgan fingerprint density at radius 3 is 1.87 bits per heavy atom. The summed E-state index contributed by atoms with van der Waals surface area (Å²) in [7, 11) is 0. The predicted molar refractivity (Wildman–Crippen MR) is 109 cm³/mol. The van der Waals surface area contributed by atoms with Crippen LogP contribution in [0, 0.1) is 0 Å². The van der Waals surface area contributed by atoms with E-state index in [0.717, 1.165) is 12.8 Å². The summed E-state index contributed by atoms with van der Waals surface area (Å²) in [4.78, 5) is 30.8. The Balaban J connectivity index is 0. The Morgan fingerprint density at radius 1 is 0.967 bits per heavy atom. The molecule has 168 valence electrons. The number of nitrogen functional groups attached to an aromatic ring is 1. The minimum atomic E-state index is -1.24. The van der Waals surface area contributed by atoms with Crippen molar-refractivity contribution in [2.75, 3.05) is 12.3 Å². The van der Waals surface area contributed by atoms with E-state index in [2.05, 4.69) is 0 Å². The molecule has 0 saturated carbocycles. The number of benzene rings is 2. The number of primary amides is 1. The van der Waals surface area contributed by atoms with Gasteiger partial charge in [-0.2, -0.15) is 0 Å². The maximum atomic E-state index is 10.4. The van der Waals surface area contributed by atoms with Gasteiger partial charge in [0.05, 0.1) is 5.97 Å². The van der Waals surface area contributed by atoms with Crippen molar-refractivity contribution < 1.29 is 47.0 Å². The third-order valence-corrected chi connectivity index (χ3v) is 3.53. The molecule has 0 spiro atoms. The van der Waals surface area contributed by atoms with E-state index in [4.69, 9.17) is 28.0 Å². The van der Waals surface area contributed by atoms with Gasteiger partial charge in [-0.15, -0.1) is 0 Å². The molecule has 0 bridgehead atoms. The number of unbranched alkanes of at least 4 members (excludes halogenated alkanes) is 1. The van der Waals surface area contributed by atoms with Gasteiger partial charge in [0.2, 0.25) is 5.91 Å². The number of aromatic carboxylic acids is 1. The van der Waals surface area contributed by atoms with Crippen molar-refractivity contribution in [1.29, 1.82) is 0 Å². The smallest absolute Gasteiger partial charge is 0.545 e. The molecule has 0 aliphatic rings. The zero-order valence-corrected chi connectivity index (χ0v) is 17.8. The summed E-state index contributed by atoms with van der Waals surface area (Å²) >= 11 is 0. The second-order valence-corrected chi connectivity index (χ2v) is 5.83. The van der Waals surface area contributed by atoms with Gasteiger partial charge in [-0.3, -0.25) is 9.59 Å². The third-order valence-electron chi connectivity index (χ3n) is 3.53. The zero-order valence-electron chi connectivity index (χ0n) is 16.3. The molecule has 0 saturated heterocycles. The number of nitrogens with two attached hydrogens (primary N) is 4. The van der Waals surface area contributed by atoms with Gasteiger partial charge in [0.1, 0.15) is 6.04 Å². The van der Waals surface area contributed by atoms with Gasteiger partial charge in [0.25, 0.3) is 0 Å². The average Bonchev–Trinajstić information content (AvgIpc) is 2.70. The van der Waals surface area contributed by atoms with Gasteiger partial charge < -0.3 is 37.9 Å². The zero-order chi connectivity index (χ0) is 22.2. The van der Waals surface area contributed by atoms with Crippen molar-refractivity contribution >= 4 is 23.5 Å². The number of amides is 1. The largest absolute Gasteiger partial charge is 1.00 e. The van der Waals surface area contributed by atoms with Crippen LogP contribution in [0.2, 0.25) is 0 Å². The van der Waals surface area contributed by atoms with E-state index in [-0.39, 0.29) is 39.5 Å². The predicted octanol–water partition coefficient (Wildman–Crippen LogP) is -0.0574. The van der Waals surface area contributed by atoms with Crippen LogP contribution < -0.4 is 28.0 Å². The van der Waals surface area contributed by atoms with Crippen molar-refractivity contribution in [1.82, 2.24) is 0 Å². The van der Waals surface area contributed by atoms with Crippen LogP contribution in [-0.2, 0) is 27.2 Å². The number of carbonyl (C=O) groups is 3. The number of hydrogen-bond acceptors (Lipinski definition) is 7.